The van der Waals surface area contributed by atoms with Gasteiger partial charge in [-0.3, -0.25) is 4.79 Å². The highest BCUT2D eigenvalue weighted by atomic mass is 32.1. The Morgan fingerprint density at radius 1 is 1.55 bits per heavy atom. The fraction of sp³-hybridized carbons (Fsp3) is 0.700. The van der Waals surface area contributed by atoms with E-state index in [9.17, 15) is 18.0 Å². The number of anilines is 1. The van der Waals surface area contributed by atoms with Crippen LogP contribution in [0.15, 0.2) is 0 Å². The van der Waals surface area contributed by atoms with Crippen LogP contribution in [0.1, 0.15) is 12.7 Å². The van der Waals surface area contributed by atoms with Crippen molar-refractivity contribution in [1.82, 2.24) is 9.36 Å². The highest BCUT2D eigenvalue weighted by molar-refractivity contribution is 7.09. The van der Waals surface area contributed by atoms with Crippen LogP contribution in [0.4, 0.5) is 18.3 Å². The predicted octanol–water partition coefficient (Wildman–Crippen LogP) is 1.48. The zero-order valence-corrected chi connectivity index (χ0v) is 11.2. The third kappa shape index (κ3) is 2.85. The van der Waals surface area contributed by atoms with E-state index in [4.69, 9.17) is 9.84 Å². The summed E-state index contributed by atoms with van der Waals surface area (Å²) < 4.78 is 45.9. The third-order valence-electron chi connectivity index (χ3n) is 3.02. The van der Waals surface area contributed by atoms with Gasteiger partial charge in [-0.25, -0.2) is 0 Å². The molecule has 1 N–H and O–H groups in total. The molecule has 112 valence electrons. The van der Waals surface area contributed by atoms with Crippen LogP contribution in [0.2, 0.25) is 0 Å². The Morgan fingerprint density at radius 2 is 2.25 bits per heavy atom. The number of aromatic nitrogens is 2. The Morgan fingerprint density at radius 3 is 2.75 bits per heavy atom. The zero-order valence-electron chi connectivity index (χ0n) is 10.4. The SMILES string of the molecule is CCN(c1nc(C(F)(F)F)ns1)C1COCC1C(=O)O. The average molecular weight is 311 g/mol. The largest absolute Gasteiger partial charge is 0.481 e. The summed E-state index contributed by atoms with van der Waals surface area (Å²) in [4.78, 5) is 16.1. The molecule has 1 aliphatic rings. The molecule has 2 atom stereocenters. The number of ether oxygens (including phenoxy) is 1. The number of aliphatic carboxylic acids is 1. The second kappa shape index (κ2) is 5.52. The summed E-state index contributed by atoms with van der Waals surface area (Å²) in [6.07, 6.45) is -4.60. The van der Waals surface area contributed by atoms with Crippen LogP contribution in [0, 0.1) is 5.92 Å². The van der Waals surface area contributed by atoms with Gasteiger partial charge in [0.05, 0.1) is 19.3 Å². The Hall–Kier alpha value is -1.42. The first-order valence-electron chi connectivity index (χ1n) is 5.82. The van der Waals surface area contributed by atoms with Crippen LogP contribution in [0.5, 0.6) is 0 Å². The minimum atomic E-state index is -4.60. The number of halogens is 3. The number of rotatable bonds is 4. The van der Waals surface area contributed by atoms with E-state index >= 15 is 0 Å². The molecule has 20 heavy (non-hydrogen) atoms. The molecule has 0 spiro atoms. The van der Waals surface area contributed by atoms with Crippen molar-refractivity contribution in [3.05, 3.63) is 5.82 Å². The van der Waals surface area contributed by atoms with Crippen LogP contribution >= 0.6 is 11.5 Å². The topological polar surface area (TPSA) is 75.5 Å². The molecule has 1 aromatic rings. The van der Waals surface area contributed by atoms with E-state index in [0.29, 0.717) is 18.1 Å². The van der Waals surface area contributed by atoms with E-state index in [0.717, 1.165) is 0 Å². The van der Waals surface area contributed by atoms with Crippen LogP contribution < -0.4 is 4.90 Å². The minimum Gasteiger partial charge on any atom is -0.481 e. The molecule has 0 aliphatic carbocycles. The molecule has 0 radical (unpaired) electrons. The maximum Gasteiger partial charge on any atom is 0.452 e. The lowest BCUT2D eigenvalue weighted by Crippen LogP contribution is -2.43. The molecule has 10 heteroatoms. The lowest BCUT2D eigenvalue weighted by molar-refractivity contribution is -0.144. The highest BCUT2D eigenvalue weighted by Crippen LogP contribution is 2.32. The van der Waals surface area contributed by atoms with Crippen molar-refractivity contribution in [2.24, 2.45) is 5.92 Å². The van der Waals surface area contributed by atoms with Gasteiger partial charge in [0.25, 0.3) is 0 Å². The quantitative estimate of drug-likeness (QED) is 0.908. The molecule has 1 aliphatic heterocycles. The molecule has 0 aromatic carbocycles. The second-order valence-electron chi connectivity index (χ2n) is 4.23. The molecule has 1 saturated heterocycles. The van der Waals surface area contributed by atoms with Gasteiger partial charge in [-0.1, -0.05) is 0 Å². The first-order valence-corrected chi connectivity index (χ1v) is 6.60. The van der Waals surface area contributed by atoms with E-state index < -0.39 is 29.9 Å². The van der Waals surface area contributed by atoms with E-state index in [1.165, 1.54) is 4.90 Å². The minimum absolute atomic E-state index is 0.0431. The maximum atomic E-state index is 12.5. The van der Waals surface area contributed by atoms with Crippen LogP contribution in [0.25, 0.3) is 0 Å². The predicted molar refractivity (Wildman–Crippen MR) is 63.7 cm³/mol. The molecule has 0 amide bonds. The summed E-state index contributed by atoms with van der Waals surface area (Å²) in [6.45, 7) is 2.23. The average Bonchev–Trinajstić information content (AvgIpc) is 2.97. The van der Waals surface area contributed by atoms with Crippen LogP contribution in [0.3, 0.4) is 0 Å². The summed E-state index contributed by atoms with van der Waals surface area (Å²) in [5, 5.41) is 9.15. The van der Waals surface area contributed by atoms with Gasteiger partial charge in [-0.15, -0.1) is 0 Å². The maximum absolute atomic E-state index is 12.5. The van der Waals surface area contributed by atoms with Gasteiger partial charge < -0.3 is 14.7 Å². The van der Waals surface area contributed by atoms with E-state index in [-0.39, 0.29) is 18.3 Å². The first-order chi connectivity index (χ1) is 9.34. The Bertz CT molecular complexity index is 494. The molecule has 2 heterocycles. The summed E-state index contributed by atoms with van der Waals surface area (Å²) in [5.41, 5.74) is 0. The van der Waals surface area contributed by atoms with Crippen molar-refractivity contribution in [1.29, 1.82) is 0 Å². The van der Waals surface area contributed by atoms with Crippen molar-refractivity contribution in [3.63, 3.8) is 0 Å². The van der Waals surface area contributed by atoms with Crippen molar-refractivity contribution < 1.29 is 27.8 Å². The normalized spacial score (nSPS) is 23.0. The number of carboxylic acids is 1. The summed E-state index contributed by atoms with van der Waals surface area (Å²) >= 11 is 0.606. The van der Waals surface area contributed by atoms with Crippen molar-refractivity contribution >= 4 is 22.6 Å². The van der Waals surface area contributed by atoms with Crippen molar-refractivity contribution in [2.45, 2.75) is 19.1 Å². The van der Waals surface area contributed by atoms with Gasteiger partial charge in [0.1, 0.15) is 5.92 Å². The van der Waals surface area contributed by atoms with Gasteiger partial charge in [-0.05, 0) is 6.92 Å². The van der Waals surface area contributed by atoms with Crippen molar-refractivity contribution in [3.8, 4) is 0 Å². The highest BCUT2D eigenvalue weighted by Gasteiger charge is 2.41. The molecule has 2 unspecified atom stereocenters. The number of nitrogens with zero attached hydrogens (tertiary/aromatic N) is 3. The smallest absolute Gasteiger partial charge is 0.452 e. The summed E-state index contributed by atoms with van der Waals surface area (Å²) in [7, 11) is 0. The number of carbonyl (C=O) groups is 1. The van der Waals surface area contributed by atoms with Gasteiger partial charge >= 0.3 is 12.1 Å². The summed E-state index contributed by atoms with van der Waals surface area (Å²) in [5.74, 6) is -3.03. The van der Waals surface area contributed by atoms with E-state index in [1.54, 1.807) is 6.92 Å². The zero-order chi connectivity index (χ0) is 14.9. The number of hydrogen-bond donors (Lipinski definition) is 1. The fourth-order valence-corrected chi connectivity index (χ4v) is 2.85. The standard InChI is InChI=1S/C10H12F3N3O3S/c1-2-16(6-4-19-3-5(6)7(17)18)9-14-8(15-20-9)10(11,12)13/h5-6H,2-4H2,1H3,(H,17,18). The van der Waals surface area contributed by atoms with E-state index in [1.807, 2.05) is 0 Å². The second-order valence-corrected chi connectivity index (χ2v) is 4.96. The molecule has 1 aromatic heterocycles. The van der Waals surface area contributed by atoms with Crippen LogP contribution in [-0.2, 0) is 15.7 Å². The van der Waals surface area contributed by atoms with Gasteiger partial charge in [0.15, 0.2) is 0 Å². The Labute approximate surface area is 116 Å². The van der Waals surface area contributed by atoms with Crippen molar-refractivity contribution in [2.75, 3.05) is 24.7 Å². The van der Waals surface area contributed by atoms with Crippen LogP contribution in [-0.4, -0.2) is 46.2 Å². The monoisotopic (exact) mass is 311 g/mol. The lowest BCUT2D eigenvalue weighted by atomic mass is 10.0. The van der Waals surface area contributed by atoms with Gasteiger partial charge in [0, 0.05) is 18.1 Å². The lowest BCUT2D eigenvalue weighted by Gasteiger charge is -2.28. The molecular weight excluding hydrogens is 299 g/mol. The molecular formula is C10H12F3N3O3S. The third-order valence-corrected chi connectivity index (χ3v) is 3.78. The number of alkyl halides is 3. The Kier molecular flexibility index (Phi) is 4.14. The molecule has 2 rings (SSSR count). The fourth-order valence-electron chi connectivity index (χ4n) is 2.04. The summed E-state index contributed by atoms with van der Waals surface area (Å²) in [6, 6.07) is -0.536. The molecule has 6 nitrogen and oxygen atoms in total. The molecule has 1 fully saturated rings. The number of carboxylic acid groups (broad SMARTS) is 1. The number of hydrogen-bond acceptors (Lipinski definition) is 6. The molecule has 0 saturated carbocycles. The van der Waals surface area contributed by atoms with Gasteiger partial charge in [-0.2, -0.15) is 22.5 Å². The first kappa shape index (κ1) is 15.0. The van der Waals surface area contributed by atoms with Gasteiger partial charge in [0.2, 0.25) is 11.0 Å². The molecule has 0 bridgehead atoms. The van der Waals surface area contributed by atoms with E-state index in [2.05, 4.69) is 9.36 Å². The number of likely N-dealkylation sites (N-methyl/N-ethyl adjacent to an activating group) is 1. The Balaban J connectivity index is 2.24.